The Morgan fingerprint density at radius 3 is 2.58 bits per heavy atom. The lowest BCUT2D eigenvalue weighted by atomic mass is 9.86. The van der Waals surface area contributed by atoms with Crippen molar-refractivity contribution in [1.29, 1.82) is 0 Å². The summed E-state index contributed by atoms with van der Waals surface area (Å²) >= 11 is 8.22. The molecular weight excluding hydrogens is 624 g/mol. The van der Waals surface area contributed by atoms with E-state index in [-0.39, 0.29) is 18.6 Å². The van der Waals surface area contributed by atoms with E-state index in [2.05, 4.69) is 11.8 Å². The van der Waals surface area contributed by atoms with E-state index in [9.17, 15) is 35.1 Å². The van der Waals surface area contributed by atoms with Crippen molar-refractivity contribution in [1.82, 2.24) is 0 Å². The van der Waals surface area contributed by atoms with E-state index < -0.39 is 72.7 Å². The monoisotopic (exact) mass is 664 g/mol. The molecule has 0 radical (unpaired) electrons. The first-order valence-electron chi connectivity index (χ1n) is 15.1. The fourth-order valence-corrected chi connectivity index (χ4v) is 7.42. The Morgan fingerprint density at radius 2 is 1.89 bits per heavy atom. The summed E-state index contributed by atoms with van der Waals surface area (Å²) in [5, 5.41) is 62.4. The first-order chi connectivity index (χ1) is 21.4. The Morgan fingerprint density at radius 1 is 1.16 bits per heavy atom. The normalized spacial score (nSPS) is 30.4. The number of hydrogen-bond acceptors (Lipinski definition) is 10. The largest absolute Gasteiger partial charge is 0.481 e. The van der Waals surface area contributed by atoms with Crippen molar-refractivity contribution in [2.24, 2.45) is 17.3 Å². The van der Waals surface area contributed by atoms with E-state index in [1.807, 2.05) is 24.3 Å². The van der Waals surface area contributed by atoms with Gasteiger partial charge in [-0.2, -0.15) is 0 Å². The summed E-state index contributed by atoms with van der Waals surface area (Å²) in [6.07, 6.45) is -3.81. The third-order valence-electron chi connectivity index (χ3n) is 8.64. The van der Waals surface area contributed by atoms with Gasteiger partial charge in [-0.3, -0.25) is 9.59 Å². The van der Waals surface area contributed by atoms with Crippen LogP contribution in [0.4, 0.5) is 0 Å². The molecule has 1 saturated heterocycles. The molecule has 2 heterocycles. The number of carboxylic acid groups (broad SMARTS) is 1. The molecule has 2 fully saturated rings. The number of aliphatic hydroxyl groups excluding tert-OH is 5. The van der Waals surface area contributed by atoms with Crippen LogP contribution in [0.15, 0.2) is 36.4 Å². The summed E-state index contributed by atoms with van der Waals surface area (Å²) in [6, 6.07) is 7.76. The summed E-state index contributed by atoms with van der Waals surface area (Å²) in [5.74, 6) is 3.68. The van der Waals surface area contributed by atoms with Gasteiger partial charge in [0, 0.05) is 46.1 Å². The van der Waals surface area contributed by atoms with Crippen LogP contribution in [0.3, 0.4) is 0 Å². The number of rotatable bonds is 12. The van der Waals surface area contributed by atoms with Crippen molar-refractivity contribution in [2.75, 3.05) is 6.61 Å². The van der Waals surface area contributed by atoms with Crippen LogP contribution in [0.5, 0.6) is 0 Å². The molecule has 45 heavy (non-hydrogen) atoms. The summed E-state index contributed by atoms with van der Waals surface area (Å²) < 4.78 is 12.8. The van der Waals surface area contributed by atoms with Crippen LogP contribution in [-0.4, -0.2) is 91.9 Å². The molecule has 10 nitrogen and oxygen atoms in total. The second-order valence-corrected chi connectivity index (χ2v) is 13.7. The van der Waals surface area contributed by atoms with Crippen molar-refractivity contribution in [2.45, 2.75) is 95.3 Å². The molecule has 6 N–H and O–H groups in total. The molecule has 12 heteroatoms. The number of ether oxygens (including phenoxy) is 2. The highest BCUT2D eigenvalue weighted by atomic mass is 35.5. The molecular formula is C33H41ClO10S. The second kappa shape index (κ2) is 15.5. The molecule has 0 bridgehead atoms. The number of ketones is 1. The SMILES string of the molecule is CC1(C)C(=O)[C@H](CC#CCCCC(=O)O)[C@@H](/C=C/C(CCc2sc3ccccc3c2Cl)OC2O[C@H](CO)[C@@H](O)[C@H](O)[C@H]2O)[C@@H]1O. The van der Waals surface area contributed by atoms with Crippen molar-refractivity contribution >= 4 is 44.8 Å². The number of Topliss-reactive ketones (excluding diaryl/α,β-unsaturated/α-hetero) is 1. The minimum Gasteiger partial charge on any atom is -0.481 e. The smallest absolute Gasteiger partial charge is 0.303 e. The fraction of sp³-hybridized carbons (Fsp3) is 0.576. The van der Waals surface area contributed by atoms with Gasteiger partial charge < -0.3 is 40.1 Å². The Hall–Kier alpha value is -2.37. The molecule has 246 valence electrons. The van der Waals surface area contributed by atoms with Gasteiger partial charge in [-0.1, -0.05) is 55.8 Å². The second-order valence-electron chi connectivity index (χ2n) is 12.2. The quantitative estimate of drug-likeness (QED) is 0.112. The average molecular weight is 665 g/mol. The van der Waals surface area contributed by atoms with Crippen LogP contribution < -0.4 is 0 Å². The van der Waals surface area contributed by atoms with Gasteiger partial charge in [0.1, 0.15) is 30.2 Å². The lowest BCUT2D eigenvalue weighted by molar-refractivity contribution is -0.307. The number of aryl methyl sites for hydroxylation is 1. The van der Waals surface area contributed by atoms with Crippen molar-refractivity contribution in [3.8, 4) is 11.8 Å². The molecule has 1 aliphatic carbocycles. The van der Waals surface area contributed by atoms with E-state index in [0.29, 0.717) is 30.7 Å². The topological polar surface area (TPSA) is 174 Å². The first kappa shape index (κ1) is 35.5. The molecule has 1 aromatic carbocycles. The Bertz CT molecular complexity index is 1430. The van der Waals surface area contributed by atoms with Crippen molar-refractivity contribution in [3.63, 3.8) is 0 Å². The Labute approximate surface area is 271 Å². The number of carbonyl (C=O) groups excluding carboxylic acids is 1. The molecule has 1 aromatic heterocycles. The minimum atomic E-state index is -1.61. The molecule has 2 aromatic rings. The van der Waals surface area contributed by atoms with E-state index in [0.717, 1.165) is 15.0 Å². The molecule has 1 saturated carbocycles. The zero-order valence-corrected chi connectivity index (χ0v) is 26.8. The number of halogens is 1. The highest BCUT2D eigenvalue weighted by Gasteiger charge is 2.53. The van der Waals surface area contributed by atoms with Gasteiger partial charge in [0.05, 0.1) is 29.3 Å². The maximum absolute atomic E-state index is 13.3. The van der Waals surface area contributed by atoms with E-state index >= 15 is 0 Å². The van der Waals surface area contributed by atoms with E-state index in [4.69, 9.17) is 26.2 Å². The van der Waals surface area contributed by atoms with Crippen LogP contribution in [-0.2, 0) is 25.5 Å². The molecule has 2 unspecified atom stereocenters. The zero-order chi connectivity index (χ0) is 32.9. The summed E-state index contributed by atoms with van der Waals surface area (Å²) in [7, 11) is 0. The number of aliphatic hydroxyl groups is 5. The highest BCUT2D eigenvalue weighted by molar-refractivity contribution is 7.19. The van der Waals surface area contributed by atoms with Gasteiger partial charge in [0.2, 0.25) is 0 Å². The van der Waals surface area contributed by atoms with Crippen LogP contribution in [0.1, 0.15) is 50.8 Å². The average Bonchev–Trinajstić information content (AvgIpc) is 3.41. The number of benzene rings is 1. The van der Waals surface area contributed by atoms with Gasteiger partial charge in [-0.05, 0) is 25.3 Å². The number of fused-ring (bicyclic) bond motifs is 1. The predicted octanol–water partition coefficient (Wildman–Crippen LogP) is 3.08. The van der Waals surface area contributed by atoms with Crippen LogP contribution in [0.2, 0.25) is 5.02 Å². The number of unbranched alkanes of at least 4 members (excludes halogenated alkanes) is 1. The Balaban J connectivity index is 1.56. The van der Waals surface area contributed by atoms with Crippen LogP contribution >= 0.6 is 22.9 Å². The van der Waals surface area contributed by atoms with Gasteiger partial charge >= 0.3 is 5.97 Å². The summed E-state index contributed by atoms with van der Waals surface area (Å²) in [4.78, 5) is 25.0. The molecule has 0 amide bonds. The molecule has 0 spiro atoms. The number of thiophene rings is 1. The highest BCUT2D eigenvalue weighted by Crippen LogP contribution is 2.44. The third kappa shape index (κ3) is 8.14. The van der Waals surface area contributed by atoms with Crippen LogP contribution in [0, 0.1) is 29.1 Å². The molecule has 1 aliphatic heterocycles. The number of aliphatic carboxylic acids is 1. The minimum absolute atomic E-state index is 0.0106. The maximum Gasteiger partial charge on any atom is 0.303 e. The first-order valence-corrected chi connectivity index (χ1v) is 16.3. The molecule has 2 aliphatic rings. The number of carboxylic acids is 1. The lowest BCUT2D eigenvalue weighted by Crippen LogP contribution is -2.59. The van der Waals surface area contributed by atoms with Crippen molar-refractivity contribution < 1.29 is 49.7 Å². The number of hydrogen-bond donors (Lipinski definition) is 6. The van der Waals surface area contributed by atoms with Crippen LogP contribution in [0.25, 0.3) is 10.1 Å². The van der Waals surface area contributed by atoms with Gasteiger partial charge in [-0.15, -0.1) is 23.2 Å². The predicted molar refractivity (Wildman–Crippen MR) is 169 cm³/mol. The van der Waals surface area contributed by atoms with Gasteiger partial charge in [0.15, 0.2) is 6.29 Å². The zero-order valence-electron chi connectivity index (χ0n) is 25.2. The standard InChI is InChI=1S/C33H41ClO10S/c1-33(2)30(41)19(9-5-3-4-6-12-25(36)37)20(31(33)42)15-13-18(43-32-29(40)28(39)27(38)22(17-35)44-32)14-16-24-26(34)21-10-7-8-11-23(21)45-24/h7-8,10-11,13,15,18-20,22,27-29,31-32,35,38-40,42H,4,6,9,12,14,16-17H2,1-2H3,(H,36,37)/b15-13+/t18?,19-,20-,22-,27-,28+,29-,31+,32?/m1/s1. The van der Waals surface area contributed by atoms with E-state index in [1.54, 1.807) is 37.3 Å². The lowest BCUT2D eigenvalue weighted by Gasteiger charge is -2.40. The molecule has 9 atom stereocenters. The van der Waals surface area contributed by atoms with E-state index in [1.165, 1.54) is 0 Å². The van der Waals surface area contributed by atoms with Crippen molar-refractivity contribution in [3.05, 3.63) is 46.3 Å². The summed E-state index contributed by atoms with van der Waals surface area (Å²) in [6.45, 7) is 2.77. The van der Waals surface area contributed by atoms with Gasteiger partial charge in [-0.25, -0.2) is 0 Å². The van der Waals surface area contributed by atoms with Gasteiger partial charge in [0.25, 0.3) is 0 Å². The third-order valence-corrected chi connectivity index (χ3v) is 10.4. The molecule has 4 rings (SSSR count). The number of carbonyl (C=O) groups is 2. The Kier molecular flexibility index (Phi) is 12.2. The maximum atomic E-state index is 13.3. The fourth-order valence-electron chi connectivity index (χ4n) is 5.88. The summed E-state index contributed by atoms with van der Waals surface area (Å²) in [5.41, 5.74) is -1.02.